The minimum absolute atomic E-state index is 0.00731. The Labute approximate surface area is 126 Å². The molecule has 1 saturated carbocycles. The van der Waals surface area contributed by atoms with Gasteiger partial charge in [0.25, 0.3) is 5.92 Å². The quantitative estimate of drug-likeness (QED) is 0.848. The van der Waals surface area contributed by atoms with Crippen LogP contribution < -0.4 is 5.32 Å². The van der Waals surface area contributed by atoms with E-state index < -0.39 is 36.4 Å². The number of benzene rings is 1. The molecule has 0 aromatic heterocycles. The van der Waals surface area contributed by atoms with Crippen LogP contribution in [0.4, 0.5) is 13.6 Å². The number of halogens is 2. The number of amides is 1. The Hall–Kier alpha value is -2.18. The number of nitrogens with one attached hydrogen (secondary N) is 1. The molecular formula is C15H17F2NO4. The molecular weight excluding hydrogens is 296 g/mol. The first-order chi connectivity index (χ1) is 10.4. The molecule has 2 unspecified atom stereocenters. The summed E-state index contributed by atoms with van der Waals surface area (Å²) in [4.78, 5) is 22.8. The van der Waals surface area contributed by atoms with Crippen LogP contribution in [0.25, 0.3) is 0 Å². The standard InChI is InChI=1S/C15H17F2NO4/c1-21-12(19)7-11-8-15(16,17)13(11)18-14(20)22-9-10-5-3-2-4-6-10/h2-6,11,13H,7-9H2,1H3,(H,18,20). The zero-order valence-corrected chi connectivity index (χ0v) is 12.1. The maximum Gasteiger partial charge on any atom is 0.407 e. The topological polar surface area (TPSA) is 64.6 Å². The van der Waals surface area contributed by atoms with Crippen LogP contribution in [-0.4, -0.2) is 31.1 Å². The van der Waals surface area contributed by atoms with Gasteiger partial charge in [-0.3, -0.25) is 4.79 Å². The van der Waals surface area contributed by atoms with Crippen LogP contribution in [0.2, 0.25) is 0 Å². The Morgan fingerprint density at radius 1 is 1.32 bits per heavy atom. The Balaban J connectivity index is 1.84. The summed E-state index contributed by atoms with van der Waals surface area (Å²) in [6.07, 6.45) is -1.54. The summed E-state index contributed by atoms with van der Waals surface area (Å²) in [7, 11) is 1.19. The fraction of sp³-hybridized carbons (Fsp3) is 0.467. The molecule has 1 aliphatic rings. The van der Waals surface area contributed by atoms with E-state index in [-0.39, 0.29) is 13.0 Å². The van der Waals surface area contributed by atoms with Crippen LogP contribution in [-0.2, 0) is 20.9 Å². The van der Waals surface area contributed by atoms with E-state index in [4.69, 9.17) is 4.74 Å². The Bertz CT molecular complexity index is 536. The summed E-state index contributed by atoms with van der Waals surface area (Å²) in [6, 6.07) is 7.48. The van der Waals surface area contributed by atoms with Crippen LogP contribution in [0.1, 0.15) is 18.4 Å². The molecule has 2 atom stereocenters. The highest BCUT2D eigenvalue weighted by Gasteiger charge is 2.57. The number of hydrogen-bond donors (Lipinski definition) is 1. The number of esters is 1. The van der Waals surface area contributed by atoms with Crippen LogP contribution in [0.5, 0.6) is 0 Å². The van der Waals surface area contributed by atoms with Gasteiger partial charge in [0.05, 0.1) is 19.6 Å². The number of hydrogen-bond acceptors (Lipinski definition) is 4. The van der Waals surface area contributed by atoms with E-state index in [9.17, 15) is 18.4 Å². The van der Waals surface area contributed by atoms with Crippen molar-refractivity contribution in [2.24, 2.45) is 5.92 Å². The van der Waals surface area contributed by atoms with E-state index in [1.54, 1.807) is 24.3 Å². The molecule has 1 N–H and O–H groups in total. The maximum atomic E-state index is 13.5. The third kappa shape index (κ3) is 3.93. The monoisotopic (exact) mass is 313 g/mol. The largest absolute Gasteiger partial charge is 0.469 e. The minimum atomic E-state index is -3.04. The van der Waals surface area contributed by atoms with Crippen molar-refractivity contribution in [2.45, 2.75) is 31.4 Å². The molecule has 1 aromatic rings. The second-order valence-corrected chi connectivity index (χ2v) is 5.19. The first-order valence-corrected chi connectivity index (χ1v) is 6.84. The highest BCUT2D eigenvalue weighted by Crippen LogP contribution is 2.44. The minimum Gasteiger partial charge on any atom is -0.469 e. The number of ether oxygens (including phenoxy) is 2. The highest BCUT2D eigenvalue weighted by molar-refractivity contribution is 5.71. The number of rotatable bonds is 5. The molecule has 120 valence electrons. The van der Waals surface area contributed by atoms with Crippen molar-refractivity contribution in [3.05, 3.63) is 35.9 Å². The molecule has 0 radical (unpaired) electrons. The van der Waals surface area contributed by atoms with Gasteiger partial charge in [0.15, 0.2) is 0 Å². The van der Waals surface area contributed by atoms with E-state index in [0.717, 1.165) is 5.56 Å². The zero-order valence-electron chi connectivity index (χ0n) is 12.1. The molecule has 0 heterocycles. The number of alkyl carbamates (subject to hydrolysis) is 1. The van der Waals surface area contributed by atoms with Gasteiger partial charge in [0.1, 0.15) is 6.61 Å². The number of alkyl halides is 2. The average Bonchev–Trinajstić information content (AvgIpc) is 2.50. The molecule has 5 nitrogen and oxygen atoms in total. The van der Waals surface area contributed by atoms with Gasteiger partial charge in [-0.1, -0.05) is 30.3 Å². The smallest absolute Gasteiger partial charge is 0.407 e. The summed E-state index contributed by atoms with van der Waals surface area (Å²) in [5.41, 5.74) is 0.754. The molecule has 2 rings (SSSR count). The molecule has 0 saturated heterocycles. The van der Waals surface area contributed by atoms with Gasteiger partial charge in [-0.15, -0.1) is 0 Å². The summed E-state index contributed by atoms with van der Waals surface area (Å²) in [5.74, 6) is -4.26. The van der Waals surface area contributed by atoms with E-state index in [1.807, 2.05) is 6.07 Å². The maximum absolute atomic E-state index is 13.5. The lowest BCUT2D eigenvalue weighted by molar-refractivity contribution is -0.161. The third-order valence-corrected chi connectivity index (χ3v) is 3.60. The third-order valence-electron chi connectivity index (χ3n) is 3.60. The predicted octanol–water partition coefficient (Wildman–Crippen LogP) is 2.50. The van der Waals surface area contributed by atoms with Crippen LogP contribution in [0.15, 0.2) is 30.3 Å². The molecule has 1 amide bonds. The summed E-state index contributed by atoms with van der Waals surface area (Å²) >= 11 is 0. The molecule has 0 spiro atoms. The van der Waals surface area contributed by atoms with Gasteiger partial charge in [0, 0.05) is 12.3 Å². The SMILES string of the molecule is COC(=O)CC1CC(F)(F)C1NC(=O)OCc1ccccc1. The normalized spacial score (nSPS) is 22.3. The lowest BCUT2D eigenvalue weighted by atomic mass is 9.74. The lowest BCUT2D eigenvalue weighted by Gasteiger charge is -2.43. The predicted molar refractivity (Wildman–Crippen MR) is 73.2 cm³/mol. The average molecular weight is 313 g/mol. The Morgan fingerprint density at radius 2 is 2.00 bits per heavy atom. The van der Waals surface area contributed by atoms with Crippen molar-refractivity contribution in [1.29, 1.82) is 0 Å². The van der Waals surface area contributed by atoms with Crippen molar-refractivity contribution in [3.63, 3.8) is 0 Å². The van der Waals surface area contributed by atoms with Crippen LogP contribution >= 0.6 is 0 Å². The fourth-order valence-electron chi connectivity index (χ4n) is 2.38. The van der Waals surface area contributed by atoms with Crippen molar-refractivity contribution in [2.75, 3.05) is 7.11 Å². The number of carbonyl (C=O) groups is 2. The van der Waals surface area contributed by atoms with Crippen molar-refractivity contribution in [3.8, 4) is 0 Å². The van der Waals surface area contributed by atoms with Crippen LogP contribution in [0.3, 0.4) is 0 Å². The number of carbonyl (C=O) groups excluding carboxylic acids is 2. The zero-order chi connectivity index (χ0) is 16.2. The van der Waals surface area contributed by atoms with Crippen molar-refractivity contribution >= 4 is 12.1 Å². The lowest BCUT2D eigenvalue weighted by Crippen LogP contribution is -2.62. The van der Waals surface area contributed by atoms with Gasteiger partial charge < -0.3 is 14.8 Å². The summed E-state index contributed by atoms with van der Waals surface area (Å²) in [5, 5.41) is 2.14. The molecule has 0 bridgehead atoms. The van der Waals surface area contributed by atoms with Gasteiger partial charge in [-0.25, -0.2) is 13.6 Å². The highest BCUT2D eigenvalue weighted by atomic mass is 19.3. The van der Waals surface area contributed by atoms with E-state index in [2.05, 4.69) is 10.1 Å². The summed E-state index contributed by atoms with van der Waals surface area (Å²) < 4.78 is 36.4. The second kappa shape index (κ2) is 6.72. The van der Waals surface area contributed by atoms with Crippen molar-refractivity contribution in [1.82, 2.24) is 5.32 Å². The molecule has 7 heteroatoms. The van der Waals surface area contributed by atoms with E-state index >= 15 is 0 Å². The van der Waals surface area contributed by atoms with E-state index in [0.29, 0.717) is 0 Å². The molecule has 1 aliphatic carbocycles. The van der Waals surface area contributed by atoms with Gasteiger partial charge in [-0.05, 0) is 5.56 Å². The van der Waals surface area contributed by atoms with Crippen LogP contribution in [0, 0.1) is 5.92 Å². The Morgan fingerprint density at radius 3 is 2.59 bits per heavy atom. The molecule has 22 heavy (non-hydrogen) atoms. The molecule has 1 fully saturated rings. The second-order valence-electron chi connectivity index (χ2n) is 5.19. The first kappa shape index (κ1) is 16.2. The van der Waals surface area contributed by atoms with Crippen molar-refractivity contribution < 1.29 is 27.8 Å². The first-order valence-electron chi connectivity index (χ1n) is 6.84. The van der Waals surface area contributed by atoms with Gasteiger partial charge >= 0.3 is 12.1 Å². The number of methoxy groups -OCH3 is 1. The summed E-state index contributed by atoms with van der Waals surface area (Å²) in [6.45, 7) is -0.00731. The Kier molecular flexibility index (Phi) is 4.95. The molecule has 1 aromatic carbocycles. The van der Waals surface area contributed by atoms with Gasteiger partial charge in [0.2, 0.25) is 0 Å². The molecule has 0 aliphatic heterocycles. The fourth-order valence-corrected chi connectivity index (χ4v) is 2.38. The van der Waals surface area contributed by atoms with Gasteiger partial charge in [-0.2, -0.15) is 0 Å². The van der Waals surface area contributed by atoms with E-state index in [1.165, 1.54) is 7.11 Å².